The minimum Gasteiger partial charge on any atom is -0.496 e. The highest BCUT2D eigenvalue weighted by atomic mass is 16.5. The zero-order valence-electron chi connectivity index (χ0n) is 30.5. The largest absolute Gasteiger partial charge is 0.496 e. The van der Waals surface area contributed by atoms with Gasteiger partial charge in [0.2, 0.25) is 11.6 Å². The van der Waals surface area contributed by atoms with Crippen molar-refractivity contribution in [2.75, 3.05) is 53.5 Å². The SMILES string of the molecule is CCN(CCCCCCNC1=C(C)C(=O)C(NCCCCCCN(CC)Cc2ccccc2OC)=C(C)C1=O)Cc1ccccc1OC. The molecule has 0 heterocycles. The number of hydrogen-bond acceptors (Lipinski definition) is 8. The molecule has 0 bridgehead atoms. The van der Waals surface area contributed by atoms with Gasteiger partial charge in [0.25, 0.3) is 0 Å². The summed E-state index contributed by atoms with van der Waals surface area (Å²) in [6.45, 7) is 15.2. The van der Waals surface area contributed by atoms with Crippen LogP contribution in [0.15, 0.2) is 71.1 Å². The van der Waals surface area contributed by atoms with E-state index in [1.165, 1.54) is 11.1 Å². The number of nitrogens with zero attached hydrogens (tertiary/aromatic N) is 2. The third-order valence-corrected chi connectivity index (χ3v) is 9.36. The number of allylic oxidation sites excluding steroid dienone is 2. The predicted octanol–water partition coefficient (Wildman–Crippen LogP) is 7.05. The second-order valence-electron chi connectivity index (χ2n) is 12.7. The average Bonchev–Trinajstić information content (AvgIpc) is 3.11. The molecule has 0 saturated heterocycles. The first kappa shape index (κ1) is 38.8. The maximum atomic E-state index is 13.2. The van der Waals surface area contributed by atoms with Gasteiger partial charge in [0.05, 0.1) is 25.6 Å². The highest BCUT2D eigenvalue weighted by Crippen LogP contribution is 2.23. The van der Waals surface area contributed by atoms with E-state index in [0.29, 0.717) is 35.6 Å². The fourth-order valence-corrected chi connectivity index (χ4v) is 6.27. The molecule has 3 rings (SSSR count). The molecular formula is C40H60N4O4. The molecule has 0 unspecified atom stereocenters. The Balaban J connectivity index is 1.31. The van der Waals surface area contributed by atoms with Crippen LogP contribution in [-0.4, -0.2) is 74.9 Å². The molecule has 0 radical (unpaired) electrons. The summed E-state index contributed by atoms with van der Waals surface area (Å²) >= 11 is 0. The number of methoxy groups -OCH3 is 2. The first-order valence-electron chi connectivity index (χ1n) is 18.0. The van der Waals surface area contributed by atoms with Gasteiger partial charge in [0, 0.05) is 48.5 Å². The molecule has 2 N–H and O–H groups in total. The highest BCUT2D eigenvalue weighted by molar-refractivity contribution is 6.24. The normalized spacial score (nSPS) is 13.6. The average molecular weight is 661 g/mol. The first-order valence-corrected chi connectivity index (χ1v) is 18.0. The van der Waals surface area contributed by atoms with Crippen LogP contribution in [-0.2, 0) is 22.7 Å². The summed E-state index contributed by atoms with van der Waals surface area (Å²) in [7, 11) is 3.45. The Kier molecular flexibility index (Phi) is 17.3. The fraction of sp³-hybridized carbons (Fsp3) is 0.550. The van der Waals surface area contributed by atoms with Crippen LogP contribution in [0.1, 0.15) is 90.2 Å². The number of para-hydroxylation sites is 2. The third-order valence-electron chi connectivity index (χ3n) is 9.36. The van der Waals surface area contributed by atoms with E-state index in [9.17, 15) is 9.59 Å². The summed E-state index contributed by atoms with van der Waals surface area (Å²) < 4.78 is 11.0. The molecule has 0 saturated carbocycles. The minimum absolute atomic E-state index is 0.0702. The maximum Gasteiger partial charge on any atom is 0.207 e. The smallest absolute Gasteiger partial charge is 0.207 e. The molecule has 8 heteroatoms. The molecule has 0 aromatic heterocycles. The van der Waals surface area contributed by atoms with Crippen LogP contribution >= 0.6 is 0 Å². The summed E-state index contributed by atoms with van der Waals surface area (Å²) in [6, 6.07) is 16.4. The monoisotopic (exact) mass is 660 g/mol. The zero-order chi connectivity index (χ0) is 34.7. The molecule has 2 aromatic carbocycles. The predicted molar refractivity (Wildman–Crippen MR) is 196 cm³/mol. The lowest BCUT2D eigenvalue weighted by Crippen LogP contribution is -2.35. The van der Waals surface area contributed by atoms with E-state index in [2.05, 4.69) is 58.5 Å². The van der Waals surface area contributed by atoms with Gasteiger partial charge in [0.15, 0.2) is 0 Å². The zero-order valence-corrected chi connectivity index (χ0v) is 30.5. The summed E-state index contributed by atoms with van der Waals surface area (Å²) in [4.78, 5) is 31.3. The molecule has 2 aromatic rings. The van der Waals surface area contributed by atoms with Crippen molar-refractivity contribution >= 4 is 11.6 Å². The van der Waals surface area contributed by atoms with E-state index >= 15 is 0 Å². The lowest BCUT2D eigenvalue weighted by atomic mass is 9.92. The van der Waals surface area contributed by atoms with Crippen molar-refractivity contribution in [2.24, 2.45) is 0 Å². The van der Waals surface area contributed by atoms with Gasteiger partial charge >= 0.3 is 0 Å². The molecule has 264 valence electrons. The molecule has 0 amide bonds. The van der Waals surface area contributed by atoms with E-state index in [1.54, 1.807) is 28.1 Å². The van der Waals surface area contributed by atoms with E-state index < -0.39 is 0 Å². The van der Waals surface area contributed by atoms with Crippen LogP contribution < -0.4 is 20.1 Å². The Morgan fingerprint density at radius 1 is 0.562 bits per heavy atom. The van der Waals surface area contributed by atoms with Gasteiger partial charge in [-0.15, -0.1) is 0 Å². The molecule has 0 spiro atoms. The van der Waals surface area contributed by atoms with Crippen LogP contribution in [0.2, 0.25) is 0 Å². The quantitative estimate of drug-likeness (QED) is 0.0916. The van der Waals surface area contributed by atoms with Gasteiger partial charge in [-0.2, -0.15) is 0 Å². The number of benzene rings is 2. The van der Waals surface area contributed by atoms with Crippen molar-refractivity contribution < 1.29 is 19.1 Å². The molecule has 0 atom stereocenters. The van der Waals surface area contributed by atoms with Crippen molar-refractivity contribution in [3.05, 3.63) is 82.2 Å². The van der Waals surface area contributed by atoms with Crippen LogP contribution in [0.5, 0.6) is 11.5 Å². The van der Waals surface area contributed by atoms with E-state index in [4.69, 9.17) is 9.47 Å². The molecule has 0 aliphatic heterocycles. The van der Waals surface area contributed by atoms with Crippen molar-refractivity contribution in [1.82, 2.24) is 20.4 Å². The summed E-state index contributed by atoms with van der Waals surface area (Å²) in [5, 5.41) is 6.59. The maximum absolute atomic E-state index is 13.2. The topological polar surface area (TPSA) is 83.1 Å². The number of ketones is 2. The number of unbranched alkanes of at least 4 members (excludes halogenated alkanes) is 6. The Morgan fingerprint density at radius 2 is 0.938 bits per heavy atom. The molecule has 8 nitrogen and oxygen atoms in total. The van der Waals surface area contributed by atoms with Gasteiger partial charge < -0.3 is 20.1 Å². The number of nitrogens with one attached hydrogen (secondary N) is 2. The van der Waals surface area contributed by atoms with E-state index in [0.717, 1.165) is 102 Å². The Hall–Kier alpha value is -3.62. The fourth-order valence-electron chi connectivity index (χ4n) is 6.27. The second kappa shape index (κ2) is 21.4. The molecular weight excluding hydrogens is 600 g/mol. The second-order valence-corrected chi connectivity index (χ2v) is 12.7. The summed E-state index contributed by atoms with van der Waals surface area (Å²) in [5.41, 5.74) is 4.39. The number of carbonyl (C=O) groups is 2. The lowest BCUT2D eigenvalue weighted by molar-refractivity contribution is -0.117. The van der Waals surface area contributed by atoms with Gasteiger partial charge in [-0.05, 0) is 77.8 Å². The number of Topliss-reactive ketones (excluding diaryl/α,β-unsaturated/α-hetero) is 2. The van der Waals surface area contributed by atoms with Crippen LogP contribution in [0, 0.1) is 0 Å². The Bertz CT molecular complexity index is 1270. The lowest BCUT2D eigenvalue weighted by Gasteiger charge is -2.23. The first-order chi connectivity index (χ1) is 23.3. The van der Waals surface area contributed by atoms with Gasteiger partial charge in [0.1, 0.15) is 11.5 Å². The van der Waals surface area contributed by atoms with Crippen molar-refractivity contribution in [2.45, 2.75) is 92.2 Å². The molecule has 48 heavy (non-hydrogen) atoms. The molecule has 0 fully saturated rings. The highest BCUT2D eigenvalue weighted by Gasteiger charge is 2.30. The van der Waals surface area contributed by atoms with Crippen LogP contribution in [0.4, 0.5) is 0 Å². The van der Waals surface area contributed by atoms with Gasteiger partial charge in [-0.25, -0.2) is 0 Å². The summed E-state index contributed by atoms with van der Waals surface area (Å²) in [6.07, 6.45) is 8.58. The van der Waals surface area contributed by atoms with Crippen LogP contribution in [0.3, 0.4) is 0 Å². The molecule has 1 aliphatic rings. The number of carbonyl (C=O) groups excluding carboxylic acids is 2. The Labute approximate surface area is 289 Å². The van der Waals surface area contributed by atoms with Crippen molar-refractivity contribution in [3.63, 3.8) is 0 Å². The van der Waals surface area contributed by atoms with Crippen molar-refractivity contribution in [1.29, 1.82) is 0 Å². The summed E-state index contributed by atoms with van der Waals surface area (Å²) in [5.74, 6) is 1.74. The number of ether oxygens (including phenoxy) is 2. The van der Waals surface area contributed by atoms with Crippen LogP contribution in [0.25, 0.3) is 0 Å². The Morgan fingerprint density at radius 3 is 1.31 bits per heavy atom. The minimum atomic E-state index is -0.0702. The van der Waals surface area contributed by atoms with Crippen molar-refractivity contribution in [3.8, 4) is 11.5 Å². The third kappa shape index (κ3) is 11.8. The number of hydrogen-bond donors (Lipinski definition) is 2. The van der Waals surface area contributed by atoms with Gasteiger partial charge in [-0.3, -0.25) is 19.4 Å². The molecule has 1 aliphatic carbocycles. The van der Waals surface area contributed by atoms with E-state index in [-0.39, 0.29) is 11.6 Å². The number of rotatable bonds is 24. The standard InChI is InChI=1S/C40H60N4O4/c1-7-43(29-33-21-13-15-23-35(33)47-5)27-19-11-9-17-25-41-37-31(3)40(46)38(32(4)39(37)45)42-26-18-10-12-20-28-44(8-2)30-34-22-14-16-24-36(34)48-6/h13-16,21-24,41-42H,7-12,17-20,25-30H2,1-6H3. The van der Waals surface area contributed by atoms with Gasteiger partial charge in [-0.1, -0.05) is 75.9 Å². The van der Waals surface area contributed by atoms with E-state index in [1.807, 2.05) is 24.3 Å².